The largest absolute Gasteiger partial charge is 0.473 e. The fourth-order valence-electron chi connectivity index (χ4n) is 4.67. The summed E-state index contributed by atoms with van der Waals surface area (Å²) in [6.45, 7) is 3.20. The Labute approximate surface area is 200 Å². The smallest absolute Gasteiger partial charge is 0.236 e. The maximum atomic E-state index is 9.21. The van der Waals surface area contributed by atoms with Crippen LogP contribution in [0.4, 0.5) is 5.82 Å². The lowest BCUT2D eigenvalue weighted by molar-refractivity contribution is -0.109. The fraction of sp³-hybridized carbons (Fsp3) is 0.462. The highest BCUT2D eigenvalue weighted by Crippen LogP contribution is 2.36. The average Bonchev–Trinajstić information content (AvgIpc) is 2.85. The number of halogens is 1. The predicted octanol–water partition coefficient (Wildman–Crippen LogP) is 5.89. The van der Waals surface area contributed by atoms with Gasteiger partial charge in [-0.2, -0.15) is 0 Å². The van der Waals surface area contributed by atoms with Crippen LogP contribution in [0.5, 0.6) is 5.88 Å². The molecule has 174 valence electrons. The summed E-state index contributed by atoms with van der Waals surface area (Å²) < 4.78 is 6.37. The SMILES string of the molecule is CC(=O)Cl.c1ccc2nc(N3CCC(Oc4nccnc4C4CCCCC4)CC3)ccc2c1. The van der Waals surface area contributed by atoms with Gasteiger partial charge in [0.15, 0.2) is 0 Å². The fourth-order valence-corrected chi connectivity index (χ4v) is 4.67. The van der Waals surface area contributed by atoms with Gasteiger partial charge in [-0.25, -0.2) is 9.97 Å². The third-order valence-corrected chi connectivity index (χ3v) is 6.31. The summed E-state index contributed by atoms with van der Waals surface area (Å²) in [5.74, 6) is 2.33. The van der Waals surface area contributed by atoms with Gasteiger partial charge < -0.3 is 9.64 Å². The summed E-state index contributed by atoms with van der Waals surface area (Å²) in [5, 5.41) is 0.826. The number of carbonyl (C=O) groups is 1. The highest BCUT2D eigenvalue weighted by molar-refractivity contribution is 6.62. The lowest BCUT2D eigenvalue weighted by Gasteiger charge is -2.33. The summed E-state index contributed by atoms with van der Waals surface area (Å²) in [6.07, 6.45) is 12.1. The Hall–Kier alpha value is -2.73. The van der Waals surface area contributed by atoms with Crippen molar-refractivity contribution in [3.05, 3.63) is 54.5 Å². The molecule has 3 aromatic rings. The second-order valence-corrected chi connectivity index (χ2v) is 9.25. The summed E-state index contributed by atoms with van der Waals surface area (Å²) in [5.41, 5.74) is 2.13. The van der Waals surface area contributed by atoms with Crippen molar-refractivity contribution in [2.75, 3.05) is 18.0 Å². The molecule has 1 saturated carbocycles. The van der Waals surface area contributed by atoms with E-state index in [1.807, 2.05) is 12.3 Å². The van der Waals surface area contributed by atoms with Gasteiger partial charge in [0.05, 0.1) is 5.52 Å². The van der Waals surface area contributed by atoms with Gasteiger partial charge in [-0.1, -0.05) is 37.5 Å². The molecule has 2 aromatic heterocycles. The Balaban J connectivity index is 0.000000601. The number of para-hydroxylation sites is 1. The molecule has 0 bridgehead atoms. The first-order valence-corrected chi connectivity index (χ1v) is 12.2. The Morgan fingerprint density at radius 3 is 2.42 bits per heavy atom. The van der Waals surface area contributed by atoms with Crippen LogP contribution >= 0.6 is 11.6 Å². The quantitative estimate of drug-likeness (QED) is 0.446. The van der Waals surface area contributed by atoms with Crippen LogP contribution in [0.3, 0.4) is 0 Å². The zero-order chi connectivity index (χ0) is 23.0. The number of ether oxygens (including phenoxy) is 1. The van der Waals surface area contributed by atoms with Crippen molar-refractivity contribution in [1.82, 2.24) is 15.0 Å². The molecule has 0 atom stereocenters. The highest BCUT2D eigenvalue weighted by atomic mass is 35.5. The molecule has 7 heteroatoms. The lowest BCUT2D eigenvalue weighted by atomic mass is 9.87. The van der Waals surface area contributed by atoms with Crippen LogP contribution < -0.4 is 9.64 Å². The van der Waals surface area contributed by atoms with Gasteiger partial charge in [0.2, 0.25) is 11.1 Å². The monoisotopic (exact) mass is 466 g/mol. The van der Waals surface area contributed by atoms with Crippen molar-refractivity contribution in [2.24, 2.45) is 0 Å². The van der Waals surface area contributed by atoms with Crippen molar-refractivity contribution in [2.45, 2.75) is 63.9 Å². The highest BCUT2D eigenvalue weighted by Gasteiger charge is 2.26. The molecule has 1 aliphatic carbocycles. The topological polar surface area (TPSA) is 68.2 Å². The van der Waals surface area contributed by atoms with Gasteiger partial charge in [-0.3, -0.25) is 9.78 Å². The molecule has 0 unspecified atom stereocenters. The van der Waals surface area contributed by atoms with E-state index in [4.69, 9.17) is 9.72 Å². The van der Waals surface area contributed by atoms with E-state index in [1.165, 1.54) is 44.4 Å². The van der Waals surface area contributed by atoms with E-state index < -0.39 is 0 Å². The Bertz CT molecular complexity index is 1060. The second kappa shape index (κ2) is 11.4. The number of aromatic nitrogens is 3. The van der Waals surface area contributed by atoms with Crippen LogP contribution in [0.15, 0.2) is 48.8 Å². The maximum absolute atomic E-state index is 9.21. The number of fused-ring (bicyclic) bond motifs is 1. The van der Waals surface area contributed by atoms with Crippen LogP contribution in [0.1, 0.15) is 63.5 Å². The minimum Gasteiger partial charge on any atom is -0.473 e. The number of piperidine rings is 1. The number of pyridine rings is 1. The average molecular weight is 467 g/mol. The number of carbonyl (C=O) groups excluding carboxylic acids is 1. The second-order valence-electron chi connectivity index (χ2n) is 8.72. The van der Waals surface area contributed by atoms with Gasteiger partial charge in [0, 0.05) is 56.6 Å². The van der Waals surface area contributed by atoms with E-state index in [0.29, 0.717) is 5.92 Å². The number of benzene rings is 1. The van der Waals surface area contributed by atoms with E-state index in [1.54, 1.807) is 6.20 Å². The molecule has 0 spiro atoms. The van der Waals surface area contributed by atoms with E-state index in [2.05, 4.69) is 56.8 Å². The first-order valence-electron chi connectivity index (χ1n) is 11.8. The van der Waals surface area contributed by atoms with E-state index in [-0.39, 0.29) is 11.3 Å². The van der Waals surface area contributed by atoms with E-state index >= 15 is 0 Å². The van der Waals surface area contributed by atoms with Gasteiger partial charge >= 0.3 is 0 Å². The molecule has 1 aliphatic heterocycles. The molecule has 6 nitrogen and oxygen atoms in total. The molecule has 0 radical (unpaired) electrons. The first kappa shape index (κ1) is 23.4. The van der Waals surface area contributed by atoms with Crippen molar-refractivity contribution in [1.29, 1.82) is 0 Å². The predicted molar refractivity (Wildman–Crippen MR) is 132 cm³/mol. The number of hydrogen-bond donors (Lipinski definition) is 0. The van der Waals surface area contributed by atoms with Crippen molar-refractivity contribution >= 4 is 33.6 Å². The maximum Gasteiger partial charge on any atom is 0.236 e. The van der Waals surface area contributed by atoms with E-state index in [0.717, 1.165) is 48.8 Å². The van der Waals surface area contributed by atoms with Crippen LogP contribution in [0.2, 0.25) is 0 Å². The molecule has 2 fully saturated rings. The molecular weight excluding hydrogens is 436 g/mol. The normalized spacial score (nSPS) is 17.3. The third kappa shape index (κ3) is 6.41. The van der Waals surface area contributed by atoms with Gasteiger partial charge in [-0.15, -0.1) is 0 Å². The summed E-state index contributed by atoms with van der Waals surface area (Å²) in [7, 11) is 0. The first-order chi connectivity index (χ1) is 16.1. The summed E-state index contributed by atoms with van der Waals surface area (Å²) in [4.78, 5) is 25.6. The van der Waals surface area contributed by atoms with Crippen molar-refractivity contribution in [3.63, 3.8) is 0 Å². The van der Waals surface area contributed by atoms with Crippen LogP contribution in [0, 0.1) is 0 Å². The number of nitrogens with zero attached hydrogens (tertiary/aromatic N) is 4. The Morgan fingerprint density at radius 1 is 0.970 bits per heavy atom. The molecule has 0 N–H and O–H groups in total. The molecule has 1 aromatic carbocycles. The number of anilines is 1. The molecule has 5 rings (SSSR count). The number of hydrogen-bond acceptors (Lipinski definition) is 6. The lowest BCUT2D eigenvalue weighted by Crippen LogP contribution is -2.39. The van der Waals surface area contributed by atoms with Crippen LogP contribution in [-0.4, -0.2) is 39.4 Å². The van der Waals surface area contributed by atoms with Gasteiger partial charge in [-0.05, 0) is 42.6 Å². The Morgan fingerprint density at radius 2 is 1.67 bits per heavy atom. The van der Waals surface area contributed by atoms with Crippen molar-refractivity contribution in [3.8, 4) is 5.88 Å². The van der Waals surface area contributed by atoms with Gasteiger partial charge in [0.25, 0.3) is 0 Å². The van der Waals surface area contributed by atoms with Crippen molar-refractivity contribution < 1.29 is 9.53 Å². The standard InChI is InChI=1S/C24H28N4O.C2H3ClO/c1-2-7-19(8-3-1)23-24(26-15-14-25-23)29-20-12-16-28(17-13-20)22-11-10-18-6-4-5-9-21(18)27-22;1-2(3)4/h4-6,9-11,14-15,19-20H,1-3,7-8,12-13,16-17H2;1H3. The van der Waals surface area contributed by atoms with Crippen LogP contribution in [0.25, 0.3) is 10.9 Å². The minimum atomic E-state index is -0.361. The third-order valence-electron chi connectivity index (χ3n) is 6.31. The van der Waals surface area contributed by atoms with Crippen LogP contribution in [-0.2, 0) is 4.79 Å². The van der Waals surface area contributed by atoms with Gasteiger partial charge in [0.1, 0.15) is 17.6 Å². The molecule has 0 amide bonds. The molecule has 2 aliphatic rings. The zero-order valence-electron chi connectivity index (χ0n) is 19.1. The summed E-state index contributed by atoms with van der Waals surface area (Å²) >= 11 is 4.64. The van der Waals surface area contributed by atoms with E-state index in [9.17, 15) is 4.79 Å². The number of rotatable bonds is 4. The molecular formula is C26H31ClN4O2. The molecule has 33 heavy (non-hydrogen) atoms. The molecule has 3 heterocycles. The zero-order valence-corrected chi connectivity index (χ0v) is 19.9. The summed E-state index contributed by atoms with van der Waals surface area (Å²) in [6, 6.07) is 12.6. The Kier molecular flexibility index (Phi) is 8.10. The molecule has 1 saturated heterocycles. The minimum absolute atomic E-state index is 0.200.